The van der Waals surface area contributed by atoms with E-state index in [1.807, 2.05) is 55.5 Å². The largest absolute Gasteiger partial charge is 0.352 e. The van der Waals surface area contributed by atoms with Crippen molar-refractivity contribution in [2.75, 3.05) is 0 Å². The van der Waals surface area contributed by atoms with E-state index in [0.29, 0.717) is 18.3 Å². The molecular formula is C18H16BrN3O2. The van der Waals surface area contributed by atoms with E-state index in [4.69, 9.17) is 4.52 Å². The Balaban J connectivity index is 1.58. The molecule has 0 radical (unpaired) electrons. The Bertz CT molecular complexity index is 843. The average molecular weight is 386 g/mol. The van der Waals surface area contributed by atoms with E-state index >= 15 is 0 Å². The van der Waals surface area contributed by atoms with Crippen molar-refractivity contribution in [1.29, 1.82) is 0 Å². The topological polar surface area (TPSA) is 68.0 Å². The van der Waals surface area contributed by atoms with Crippen molar-refractivity contribution in [1.82, 2.24) is 15.5 Å². The Morgan fingerprint density at radius 3 is 2.75 bits per heavy atom. The van der Waals surface area contributed by atoms with Crippen LogP contribution in [0.2, 0.25) is 0 Å². The number of halogens is 1. The van der Waals surface area contributed by atoms with Gasteiger partial charge in [0.1, 0.15) is 6.42 Å². The lowest BCUT2D eigenvalue weighted by Gasteiger charge is -2.04. The summed E-state index contributed by atoms with van der Waals surface area (Å²) in [5.74, 6) is 0.635. The molecule has 0 atom stereocenters. The Kier molecular flexibility index (Phi) is 5.05. The highest BCUT2D eigenvalue weighted by atomic mass is 79.9. The minimum atomic E-state index is -0.158. The first-order valence-electron chi connectivity index (χ1n) is 7.51. The molecule has 122 valence electrons. The zero-order chi connectivity index (χ0) is 16.9. The van der Waals surface area contributed by atoms with Gasteiger partial charge in [-0.05, 0) is 24.6 Å². The molecule has 0 saturated heterocycles. The third-order valence-electron chi connectivity index (χ3n) is 3.47. The molecular weight excluding hydrogens is 370 g/mol. The van der Waals surface area contributed by atoms with Crippen LogP contribution in [0.25, 0.3) is 11.4 Å². The second kappa shape index (κ2) is 7.40. The van der Waals surface area contributed by atoms with Gasteiger partial charge in [-0.15, -0.1) is 0 Å². The minimum Gasteiger partial charge on any atom is -0.352 e. The Labute approximate surface area is 148 Å². The van der Waals surface area contributed by atoms with Crippen LogP contribution in [-0.2, 0) is 17.8 Å². The zero-order valence-electron chi connectivity index (χ0n) is 13.1. The number of hydrogen-bond acceptors (Lipinski definition) is 4. The lowest BCUT2D eigenvalue weighted by atomic mass is 10.1. The van der Waals surface area contributed by atoms with E-state index in [1.165, 1.54) is 0 Å². The van der Waals surface area contributed by atoms with E-state index in [-0.39, 0.29) is 12.3 Å². The molecule has 0 aliphatic heterocycles. The van der Waals surface area contributed by atoms with Gasteiger partial charge in [0.05, 0.1) is 0 Å². The van der Waals surface area contributed by atoms with Crippen LogP contribution in [0.3, 0.4) is 0 Å². The molecule has 2 aromatic carbocycles. The van der Waals surface area contributed by atoms with Gasteiger partial charge in [0.25, 0.3) is 0 Å². The summed E-state index contributed by atoms with van der Waals surface area (Å²) in [7, 11) is 0. The standard InChI is InChI=1S/C18H16BrN3O2/c1-12-5-7-14(8-6-12)18-21-17(24-22-18)10-16(23)20-11-13-3-2-4-15(19)9-13/h2-9H,10-11H2,1H3,(H,20,23). The summed E-state index contributed by atoms with van der Waals surface area (Å²) < 4.78 is 6.14. The monoisotopic (exact) mass is 385 g/mol. The van der Waals surface area contributed by atoms with Gasteiger partial charge in [-0.3, -0.25) is 4.79 Å². The van der Waals surface area contributed by atoms with Gasteiger partial charge in [0.15, 0.2) is 0 Å². The summed E-state index contributed by atoms with van der Waals surface area (Å²) in [6.07, 6.45) is 0.0624. The molecule has 0 fully saturated rings. The third-order valence-corrected chi connectivity index (χ3v) is 3.96. The highest BCUT2D eigenvalue weighted by Gasteiger charge is 2.12. The minimum absolute atomic E-state index is 0.0624. The van der Waals surface area contributed by atoms with Gasteiger partial charge in [-0.2, -0.15) is 4.98 Å². The zero-order valence-corrected chi connectivity index (χ0v) is 14.7. The molecule has 1 N–H and O–H groups in total. The van der Waals surface area contributed by atoms with Crippen LogP contribution in [0, 0.1) is 6.92 Å². The summed E-state index contributed by atoms with van der Waals surface area (Å²) in [5.41, 5.74) is 3.04. The van der Waals surface area contributed by atoms with Crippen molar-refractivity contribution < 1.29 is 9.32 Å². The molecule has 1 amide bonds. The fourth-order valence-electron chi connectivity index (χ4n) is 2.19. The maximum Gasteiger partial charge on any atom is 0.236 e. The lowest BCUT2D eigenvalue weighted by molar-refractivity contribution is -0.120. The van der Waals surface area contributed by atoms with Gasteiger partial charge in [0.2, 0.25) is 17.6 Å². The molecule has 3 rings (SSSR count). The smallest absolute Gasteiger partial charge is 0.236 e. The van der Waals surface area contributed by atoms with Crippen LogP contribution in [0.1, 0.15) is 17.0 Å². The van der Waals surface area contributed by atoms with Crippen LogP contribution in [0.15, 0.2) is 57.5 Å². The van der Waals surface area contributed by atoms with E-state index in [9.17, 15) is 4.79 Å². The third kappa shape index (κ3) is 4.29. The number of nitrogens with one attached hydrogen (secondary N) is 1. The molecule has 5 nitrogen and oxygen atoms in total. The maximum absolute atomic E-state index is 12.0. The first-order valence-corrected chi connectivity index (χ1v) is 8.30. The highest BCUT2D eigenvalue weighted by Crippen LogP contribution is 2.16. The second-order valence-corrected chi connectivity index (χ2v) is 6.38. The molecule has 1 aromatic heterocycles. The SMILES string of the molecule is Cc1ccc(-c2noc(CC(=O)NCc3cccc(Br)c3)n2)cc1. The second-order valence-electron chi connectivity index (χ2n) is 5.46. The molecule has 0 aliphatic rings. The number of benzene rings is 2. The van der Waals surface area contributed by atoms with Crippen LogP contribution in [0.5, 0.6) is 0 Å². The number of carbonyl (C=O) groups is 1. The van der Waals surface area contributed by atoms with E-state index in [2.05, 4.69) is 31.4 Å². The van der Waals surface area contributed by atoms with Crippen molar-refractivity contribution in [3.05, 3.63) is 70.0 Å². The molecule has 0 unspecified atom stereocenters. The van der Waals surface area contributed by atoms with E-state index in [0.717, 1.165) is 21.2 Å². The Hall–Kier alpha value is -2.47. The summed E-state index contributed by atoms with van der Waals surface area (Å²) in [6.45, 7) is 2.47. The van der Waals surface area contributed by atoms with Crippen LogP contribution in [0.4, 0.5) is 0 Å². The Morgan fingerprint density at radius 1 is 1.21 bits per heavy atom. The molecule has 3 aromatic rings. The normalized spacial score (nSPS) is 10.6. The number of aromatic nitrogens is 2. The van der Waals surface area contributed by atoms with Gasteiger partial charge in [-0.25, -0.2) is 0 Å². The molecule has 0 bridgehead atoms. The van der Waals surface area contributed by atoms with Gasteiger partial charge in [-0.1, -0.05) is 63.0 Å². The van der Waals surface area contributed by atoms with Crippen LogP contribution >= 0.6 is 15.9 Å². The van der Waals surface area contributed by atoms with Crippen molar-refractivity contribution in [2.45, 2.75) is 19.9 Å². The van der Waals surface area contributed by atoms with Crippen molar-refractivity contribution in [3.63, 3.8) is 0 Å². The summed E-state index contributed by atoms with van der Waals surface area (Å²) >= 11 is 3.41. The fraction of sp³-hybridized carbons (Fsp3) is 0.167. The molecule has 1 heterocycles. The number of carbonyl (C=O) groups excluding carboxylic acids is 1. The first kappa shape index (κ1) is 16.4. The number of rotatable bonds is 5. The fourth-order valence-corrected chi connectivity index (χ4v) is 2.64. The number of nitrogens with zero attached hydrogens (tertiary/aromatic N) is 2. The number of aryl methyl sites for hydroxylation is 1. The maximum atomic E-state index is 12.0. The van der Waals surface area contributed by atoms with E-state index in [1.54, 1.807) is 0 Å². The first-order chi connectivity index (χ1) is 11.6. The van der Waals surface area contributed by atoms with Crippen LogP contribution < -0.4 is 5.32 Å². The van der Waals surface area contributed by atoms with E-state index < -0.39 is 0 Å². The predicted octanol–water partition coefficient (Wildman–Crippen LogP) is 3.67. The van der Waals surface area contributed by atoms with Crippen molar-refractivity contribution >= 4 is 21.8 Å². The van der Waals surface area contributed by atoms with Crippen molar-refractivity contribution in [2.24, 2.45) is 0 Å². The van der Waals surface area contributed by atoms with Gasteiger partial charge in [0, 0.05) is 16.6 Å². The highest BCUT2D eigenvalue weighted by molar-refractivity contribution is 9.10. The predicted molar refractivity (Wildman–Crippen MR) is 94.2 cm³/mol. The van der Waals surface area contributed by atoms with Crippen LogP contribution in [-0.4, -0.2) is 16.0 Å². The summed E-state index contributed by atoms with van der Waals surface area (Å²) in [4.78, 5) is 16.3. The summed E-state index contributed by atoms with van der Waals surface area (Å²) in [6, 6.07) is 15.6. The average Bonchev–Trinajstić information content (AvgIpc) is 3.02. The molecule has 0 saturated carbocycles. The quantitative estimate of drug-likeness (QED) is 0.727. The molecule has 0 spiro atoms. The molecule has 24 heavy (non-hydrogen) atoms. The van der Waals surface area contributed by atoms with Gasteiger partial charge < -0.3 is 9.84 Å². The number of amides is 1. The molecule has 0 aliphatic carbocycles. The van der Waals surface area contributed by atoms with Crippen molar-refractivity contribution in [3.8, 4) is 11.4 Å². The molecule has 6 heteroatoms. The Morgan fingerprint density at radius 2 is 2.00 bits per heavy atom. The summed E-state index contributed by atoms with van der Waals surface area (Å²) in [5, 5.41) is 6.77. The van der Waals surface area contributed by atoms with Gasteiger partial charge >= 0.3 is 0 Å². The number of hydrogen-bond donors (Lipinski definition) is 1. The lowest BCUT2D eigenvalue weighted by Crippen LogP contribution is -2.24.